The quantitative estimate of drug-likeness (QED) is 0.649. The molecule has 1 aromatic rings. The van der Waals surface area contributed by atoms with E-state index in [2.05, 4.69) is 17.1 Å². The zero-order valence-electron chi connectivity index (χ0n) is 7.53. The van der Waals surface area contributed by atoms with Gasteiger partial charge in [0.2, 0.25) is 0 Å². The second-order valence-corrected chi connectivity index (χ2v) is 2.88. The number of nitrogens with zero attached hydrogens (tertiary/aromatic N) is 1. The highest BCUT2D eigenvalue weighted by molar-refractivity contribution is 5.62. The summed E-state index contributed by atoms with van der Waals surface area (Å²) in [5, 5.41) is 0. The summed E-state index contributed by atoms with van der Waals surface area (Å²) in [6.07, 6.45) is 8.76. The molecule has 0 fully saturated rings. The summed E-state index contributed by atoms with van der Waals surface area (Å²) in [7, 11) is 1.67. The Hall–Kier alpha value is -1.57. The molecular formula is C11H11NO. The van der Waals surface area contributed by atoms with Gasteiger partial charge in [0.1, 0.15) is 11.5 Å². The molecule has 1 aromatic heterocycles. The van der Waals surface area contributed by atoms with Gasteiger partial charge in [-0.25, -0.2) is 0 Å². The van der Waals surface area contributed by atoms with Crippen molar-refractivity contribution >= 4 is 5.76 Å². The molecule has 13 heavy (non-hydrogen) atoms. The van der Waals surface area contributed by atoms with Gasteiger partial charge in [-0.2, -0.15) is 0 Å². The summed E-state index contributed by atoms with van der Waals surface area (Å²) < 4.78 is 5.24. The molecule has 66 valence electrons. The molecule has 0 saturated heterocycles. The number of methoxy groups -OCH3 is 1. The van der Waals surface area contributed by atoms with E-state index < -0.39 is 0 Å². The Morgan fingerprint density at radius 1 is 1.46 bits per heavy atom. The third kappa shape index (κ3) is 1.47. The van der Waals surface area contributed by atoms with Crippen LogP contribution in [0.25, 0.3) is 5.76 Å². The fourth-order valence-electron chi connectivity index (χ4n) is 1.42. The Kier molecular flexibility index (Phi) is 2.13. The van der Waals surface area contributed by atoms with E-state index in [-0.39, 0.29) is 0 Å². The maximum absolute atomic E-state index is 5.24. The van der Waals surface area contributed by atoms with E-state index in [9.17, 15) is 0 Å². The van der Waals surface area contributed by atoms with Crippen molar-refractivity contribution in [1.82, 2.24) is 4.98 Å². The fraction of sp³-hybridized carbons (Fsp3) is 0.182. The summed E-state index contributed by atoms with van der Waals surface area (Å²) in [5.41, 5.74) is 2.17. The molecule has 1 aliphatic carbocycles. The molecular weight excluding hydrogens is 162 g/mol. The SMILES string of the molecule is COC1=CC=CCc2cccnc21. The minimum atomic E-state index is 0.837. The van der Waals surface area contributed by atoms with E-state index >= 15 is 0 Å². The number of fused-ring (bicyclic) bond motifs is 1. The zero-order chi connectivity index (χ0) is 9.10. The van der Waals surface area contributed by atoms with Crippen LogP contribution in [0.15, 0.2) is 36.6 Å². The molecule has 2 rings (SSSR count). The van der Waals surface area contributed by atoms with Crippen molar-refractivity contribution in [3.63, 3.8) is 0 Å². The molecule has 1 heterocycles. The van der Waals surface area contributed by atoms with Gasteiger partial charge in [0.05, 0.1) is 7.11 Å². The van der Waals surface area contributed by atoms with Crippen LogP contribution in [0.3, 0.4) is 0 Å². The highest BCUT2D eigenvalue weighted by Crippen LogP contribution is 2.20. The second kappa shape index (κ2) is 3.44. The van der Waals surface area contributed by atoms with Crippen molar-refractivity contribution in [2.45, 2.75) is 6.42 Å². The van der Waals surface area contributed by atoms with E-state index in [1.807, 2.05) is 18.2 Å². The average molecular weight is 173 g/mol. The molecule has 0 N–H and O–H groups in total. The standard InChI is InChI=1S/C11H11NO/c1-13-10-7-3-2-5-9-6-4-8-12-11(9)10/h2-4,6-8H,5H2,1H3. The predicted molar refractivity (Wildman–Crippen MR) is 52.1 cm³/mol. The lowest BCUT2D eigenvalue weighted by Gasteiger charge is -2.06. The number of rotatable bonds is 1. The Morgan fingerprint density at radius 2 is 2.38 bits per heavy atom. The van der Waals surface area contributed by atoms with Gasteiger partial charge in [-0.15, -0.1) is 0 Å². The van der Waals surface area contributed by atoms with Crippen LogP contribution in [-0.4, -0.2) is 12.1 Å². The van der Waals surface area contributed by atoms with Crippen LogP contribution in [0.4, 0.5) is 0 Å². The molecule has 0 amide bonds. The Balaban J connectivity index is 2.53. The molecule has 0 aliphatic heterocycles. The van der Waals surface area contributed by atoms with Crippen molar-refractivity contribution < 1.29 is 4.74 Å². The van der Waals surface area contributed by atoms with E-state index in [1.165, 1.54) is 5.56 Å². The van der Waals surface area contributed by atoms with Crippen LogP contribution in [0, 0.1) is 0 Å². The summed E-state index contributed by atoms with van der Waals surface area (Å²) in [6.45, 7) is 0. The van der Waals surface area contributed by atoms with Crippen molar-refractivity contribution in [2.75, 3.05) is 7.11 Å². The van der Waals surface area contributed by atoms with Gasteiger partial charge in [0, 0.05) is 6.20 Å². The summed E-state index contributed by atoms with van der Waals surface area (Å²) in [4.78, 5) is 4.30. The van der Waals surface area contributed by atoms with E-state index in [1.54, 1.807) is 13.3 Å². The molecule has 0 unspecified atom stereocenters. The summed E-state index contributed by atoms with van der Waals surface area (Å²) >= 11 is 0. The molecule has 2 nitrogen and oxygen atoms in total. The predicted octanol–water partition coefficient (Wildman–Crippen LogP) is 2.18. The lowest BCUT2D eigenvalue weighted by atomic mass is 10.1. The lowest BCUT2D eigenvalue weighted by Crippen LogP contribution is -1.95. The minimum Gasteiger partial charge on any atom is -0.494 e. The largest absolute Gasteiger partial charge is 0.494 e. The molecule has 0 saturated carbocycles. The van der Waals surface area contributed by atoms with Gasteiger partial charge in [-0.1, -0.05) is 18.2 Å². The number of hydrogen-bond acceptors (Lipinski definition) is 2. The molecule has 0 radical (unpaired) electrons. The Labute approximate surface area is 77.6 Å². The number of aromatic nitrogens is 1. The minimum absolute atomic E-state index is 0.837. The van der Waals surface area contributed by atoms with E-state index in [4.69, 9.17) is 4.74 Å². The van der Waals surface area contributed by atoms with Crippen LogP contribution < -0.4 is 0 Å². The summed E-state index contributed by atoms with van der Waals surface area (Å²) in [5.74, 6) is 0.837. The fourth-order valence-corrected chi connectivity index (χ4v) is 1.42. The molecule has 0 atom stereocenters. The normalized spacial score (nSPS) is 14.4. The van der Waals surface area contributed by atoms with Crippen LogP contribution >= 0.6 is 0 Å². The van der Waals surface area contributed by atoms with Crippen LogP contribution in [0.2, 0.25) is 0 Å². The highest BCUT2D eigenvalue weighted by atomic mass is 16.5. The van der Waals surface area contributed by atoms with Gasteiger partial charge in [0.25, 0.3) is 0 Å². The first kappa shape index (κ1) is 8.05. The van der Waals surface area contributed by atoms with Crippen molar-refractivity contribution in [3.8, 4) is 0 Å². The smallest absolute Gasteiger partial charge is 0.144 e. The zero-order valence-corrected chi connectivity index (χ0v) is 7.53. The van der Waals surface area contributed by atoms with Crippen LogP contribution in [0.1, 0.15) is 11.3 Å². The third-order valence-corrected chi connectivity index (χ3v) is 2.07. The van der Waals surface area contributed by atoms with E-state index in [0.29, 0.717) is 0 Å². The van der Waals surface area contributed by atoms with Gasteiger partial charge < -0.3 is 4.74 Å². The maximum Gasteiger partial charge on any atom is 0.144 e. The number of ether oxygens (including phenoxy) is 1. The highest BCUT2D eigenvalue weighted by Gasteiger charge is 2.09. The Morgan fingerprint density at radius 3 is 3.23 bits per heavy atom. The molecule has 0 aromatic carbocycles. The first-order chi connectivity index (χ1) is 6.42. The number of allylic oxidation sites excluding steroid dienone is 3. The topological polar surface area (TPSA) is 22.1 Å². The van der Waals surface area contributed by atoms with Gasteiger partial charge >= 0.3 is 0 Å². The molecule has 2 heteroatoms. The Bertz CT molecular complexity index is 366. The first-order valence-corrected chi connectivity index (χ1v) is 4.27. The summed E-state index contributed by atoms with van der Waals surface area (Å²) in [6, 6.07) is 4.02. The van der Waals surface area contributed by atoms with Gasteiger partial charge in [0.15, 0.2) is 0 Å². The van der Waals surface area contributed by atoms with Crippen LogP contribution in [-0.2, 0) is 11.2 Å². The number of pyridine rings is 1. The van der Waals surface area contributed by atoms with Crippen molar-refractivity contribution in [2.24, 2.45) is 0 Å². The van der Waals surface area contributed by atoms with Gasteiger partial charge in [-0.05, 0) is 24.1 Å². The molecule has 0 bridgehead atoms. The third-order valence-electron chi connectivity index (χ3n) is 2.07. The van der Waals surface area contributed by atoms with Crippen molar-refractivity contribution in [3.05, 3.63) is 47.8 Å². The molecule has 1 aliphatic rings. The molecule has 0 spiro atoms. The van der Waals surface area contributed by atoms with E-state index in [0.717, 1.165) is 17.9 Å². The first-order valence-electron chi connectivity index (χ1n) is 4.27. The van der Waals surface area contributed by atoms with Crippen molar-refractivity contribution in [1.29, 1.82) is 0 Å². The average Bonchev–Trinajstić information content (AvgIpc) is 2.39. The van der Waals surface area contributed by atoms with Gasteiger partial charge in [-0.3, -0.25) is 4.98 Å². The second-order valence-electron chi connectivity index (χ2n) is 2.88. The number of hydrogen-bond donors (Lipinski definition) is 0. The maximum atomic E-state index is 5.24. The monoisotopic (exact) mass is 173 g/mol. The lowest BCUT2D eigenvalue weighted by molar-refractivity contribution is 0.368. The van der Waals surface area contributed by atoms with Crippen LogP contribution in [0.5, 0.6) is 0 Å².